The normalized spacial score (nSPS) is 24.8. The van der Waals surface area contributed by atoms with Gasteiger partial charge < -0.3 is 5.32 Å². The van der Waals surface area contributed by atoms with Gasteiger partial charge in [-0.15, -0.1) is 0 Å². The van der Waals surface area contributed by atoms with Crippen molar-refractivity contribution in [2.45, 2.75) is 40.5 Å². The Hall–Kier alpha value is -1.68. The van der Waals surface area contributed by atoms with Gasteiger partial charge in [0, 0.05) is 5.69 Å². The summed E-state index contributed by atoms with van der Waals surface area (Å²) in [7, 11) is 0. The van der Waals surface area contributed by atoms with E-state index in [2.05, 4.69) is 67.8 Å². The quantitative estimate of drug-likeness (QED) is 0.485. The number of rotatable bonds is 3. The van der Waals surface area contributed by atoms with E-state index in [0.29, 0.717) is 16.4 Å². The van der Waals surface area contributed by atoms with E-state index in [1.165, 1.54) is 29.5 Å². The van der Waals surface area contributed by atoms with Crippen LogP contribution in [0.2, 0.25) is 0 Å². The molecule has 1 fully saturated rings. The number of hydrogen-bond donors (Lipinski definition) is 2. The maximum Gasteiger partial charge on any atom is 0.191 e. The van der Waals surface area contributed by atoms with Crippen molar-refractivity contribution in [3.05, 3.63) is 41.0 Å². The zero-order valence-corrected chi connectivity index (χ0v) is 15.1. The molecule has 0 radical (unpaired) electrons. The topological polar surface area (TPSA) is 36.4 Å². The lowest BCUT2D eigenvalue weighted by atomic mass is 9.49. The Morgan fingerprint density at radius 1 is 1.35 bits per heavy atom. The van der Waals surface area contributed by atoms with Gasteiger partial charge in [0.1, 0.15) is 0 Å². The monoisotopic (exact) mass is 327 g/mol. The number of anilines is 1. The van der Waals surface area contributed by atoms with Crippen LogP contribution in [0, 0.1) is 31.1 Å². The maximum atomic E-state index is 5.33. The second-order valence-corrected chi connectivity index (χ2v) is 7.80. The van der Waals surface area contributed by atoms with E-state index < -0.39 is 0 Å². The van der Waals surface area contributed by atoms with E-state index >= 15 is 0 Å². The minimum Gasteiger partial charge on any atom is -0.331 e. The first-order valence-corrected chi connectivity index (χ1v) is 8.66. The summed E-state index contributed by atoms with van der Waals surface area (Å²) < 4.78 is 0. The molecule has 0 aromatic heterocycles. The third kappa shape index (κ3) is 3.18. The molecule has 0 aliphatic heterocycles. The number of benzene rings is 1. The van der Waals surface area contributed by atoms with E-state index in [1.54, 1.807) is 0 Å². The number of allylic oxidation sites excluding steroid dienone is 2. The molecule has 3 aliphatic rings. The van der Waals surface area contributed by atoms with Gasteiger partial charge in [-0.05, 0) is 78.9 Å². The van der Waals surface area contributed by atoms with Crippen LogP contribution < -0.4 is 10.7 Å². The highest BCUT2D eigenvalue weighted by Gasteiger charge is 2.50. The average Bonchev–Trinajstić information content (AvgIpc) is 2.51. The van der Waals surface area contributed by atoms with Gasteiger partial charge in [0.05, 0.1) is 6.21 Å². The van der Waals surface area contributed by atoms with Crippen LogP contribution in [0.1, 0.15) is 37.8 Å². The Labute approximate surface area is 144 Å². The Morgan fingerprint density at radius 3 is 2.83 bits per heavy atom. The van der Waals surface area contributed by atoms with Crippen molar-refractivity contribution >= 4 is 29.2 Å². The maximum absolute atomic E-state index is 5.33. The first kappa shape index (κ1) is 16.2. The summed E-state index contributed by atoms with van der Waals surface area (Å²) in [4.78, 5) is 0. The summed E-state index contributed by atoms with van der Waals surface area (Å²) in [6, 6.07) is 6.28. The molecule has 1 aromatic carbocycles. The second kappa shape index (κ2) is 6.08. The van der Waals surface area contributed by atoms with E-state index in [1.807, 2.05) is 6.21 Å². The van der Waals surface area contributed by atoms with Crippen molar-refractivity contribution in [3.8, 4) is 0 Å². The van der Waals surface area contributed by atoms with Crippen LogP contribution in [0.3, 0.4) is 0 Å². The van der Waals surface area contributed by atoms with Crippen LogP contribution in [-0.4, -0.2) is 11.3 Å². The van der Waals surface area contributed by atoms with Crippen LogP contribution in [0.15, 0.2) is 34.9 Å². The number of nitrogens with one attached hydrogen (secondary N) is 2. The Morgan fingerprint density at radius 2 is 2.13 bits per heavy atom. The van der Waals surface area contributed by atoms with Gasteiger partial charge in [-0.2, -0.15) is 5.10 Å². The number of aryl methyl sites for hydroxylation is 2. The highest BCUT2D eigenvalue weighted by atomic mass is 32.1. The summed E-state index contributed by atoms with van der Waals surface area (Å²) in [5, 5.41) is 8.08. The summed E-state index contributed by atoms with van der Waals surface area (Å²) in [6.07, 6.45) is 6.75. The number of fused-ring (bicyclic) bond motifs is 1. The molecule has 2 bridgehead atoms. The highest BCUT2D eigenvalue weighted by Crippen LogP contribution is 2.58. The van der Waals surface area contributed by atoms with E-state index in [9.17, 15) is 0 Å². The minimum absolute atomic E-state index is 0.424. The molecule has 0 amide bonds. The van der Waals surface area contributed by atoms with Crippen molar-refractivity contribution in [2.24, 2.45) is 22.4 Å². The number of hydrogen-bond acceptors (Lipinski definition) is 2. The molecular formula is C19H25N3S. The zero-order chi connectivity index (χ0) is 16.6. The van der Waals surface area contributed by atoms with E-state index in [4.69, 9.17) is 12.2 Å². The van der Waals surface area contributed by atoms with Crippen LogP contribution in [0.4, 0.5) is 5.69 Å². The van der Waals surface area contributed by atoms with E-state index in [0.717, 1.165) is 11.6 Å². The molecule has 1 saturated carbocycles. The SMILES string of the molecule is Cc1ccc(C)c(NC(=S)N/N=C\C2=CC[C@@H]3C[C@H]2C3(C)C)c1. The van der Waals surface area contributed by atoms with Crippen molar-refractivity contribution < 1.29 is 0 Å². The first-order chi connectivity index (χ1) is 10.9. The molecule has 3 nitrogen and oxygen atoms in total. The fourth-order valence-corrected chi connectivity index (χ4v) is 3.89. The molecule has 0 heterocycles. The fourth-order valence-electron chi connectivity index (χ4n) is 3.73. The van der Waals surface area contributed by atoms with Gasteiger partial charge in [0.15, 0.2) is 5.11 Å². The summed E-state index contributed by atoms with van der Waals surface area (Å²) in [6.45, 7) is 8.87. The molecular weight excluding hydrogens is 302 g/mol. The first-order valence-electron chi connectivity index (χ1n) is 8.25. The third-order valence-electron chi connectivity index (χ3n) is 5.53. The summed E-state index contributed by atoms with van der Waals surface area (Å²) in [5.41, 5.74) is 8.11. The fraction of sp³-hybridized carbons (Fsp3) is 0.474. The lowest BCUT2D eigenvalue weighted by Crippen LogP contribution is -2.48. The lowest BCUT2D eigenvalue weighted by Gasteiger charge is -2.55. The van der Waals surface area contributed by atoms with Gasteiger partial charge in [-0.25, -0.2) is 0 Å². The van der Waals surface area contributed by atoms with E-state index in [-0.39, 0.29) is 0 Å². The number of hydrazone groups is 1. The zero-order valence-electron chi connectivity index (χ0n) is 14.3. The molecule has 2 atom stereocenters. The van der Waals surface area contributed by atoms with Gasteiger partial charge in [-0.3, -0.25) is 5.43 Å². The summed E-state index contributed by atoms with van der Waals surface area (Å²) >= 11 is 5.33. The van der Waals surface area contributed by atoms with Crippen LogP contribution in [0.5, 0.6) is 0 Å². The van der Waals surface area contributed by atoms with Gasteiger partial charge in [-0.1, -0.05) is 32.1 Å². The molecule has 122 valence electrons. The largest absolute Gasteiger partial charge is 0.331 e. The molecule has 1 aromatic rings. The predicted molar refractivity (Wildman–Crippen MR) is 102 cm³/mol. The molecule has 2 N–H and O–H groups in total. The molecule has 4 rings (SSSR count). The molecule has 0 unspecified atom stereocenters. The molecule has 4 heteroatoms. The predicted octanol–water partition coefficient (Wildman–Crippen LogP) is 4.57. The molecule has 0 spiro atoms. The number of thiocarbonyl (C=S) groups is 1. The second-order valence-electron chi connectivity index (χ2n) is 7.39. The van der Waals surface area contributed by atoms with Crippen molar-refractivity contribution in [3.63, 3.8) is 0 Å². The highest BCUT2D eigenvalue weighted by molar-refractivity contribution is 7.80. The lowest BCUT2D eigenvalue weighted by molar-refractivity contribution is -0.00126. The smallest absolute Gasteiger partial charge is 0.191 e. The van der Waals surface area contributed by atoms with Crippen molar-refractivity contribution in [2.75, 3.05) is 5.32 Å². The van der Waals surface area contributed by atoms with Gasteiger partial charge >= 0.3 is 0 Å². The van der Waals surface area contributed by atoms with Crippen LogP contribution >= 0.6 is 12.2 Å². The molecule has 0 saturated heterocycles. The Kier molecular flexibility index (Phi) is 4.28. The third-order valence-corrected chi connectivity index (χ3v) is 5.73. The average molecular weight is 327 g/mol. The standard InChI is InChI=1S/C19H25N3S/c1-12-5-6-13(2)17(9-12)21-18(23)22-20-11-14-7-8-15-10-16(14)19(15,3)4/h5-7,9,11,15-16H,8,10H2,1-4H3,(H2,21,22,23)/b20-11-/t15-,16-/m1/s1. The van der Waals surface area contributed by atoms with Crippen molar-refractivity contribution in [1.29, 1.82) is 0 Å². The Balaban J connectivity index is 1.57. The molecule has 3 aliphatic carbocycles. The van der Waals surface area contributed by atoms with Crippen molar-refractivity contribution in [1.82, 2.24) is 5.43 Å². The summed E-state index contributed by atoms with van der Waals surface area (Å²) in [5.74, 6) is 1.50. The van der Waals surface area contributed by atoms with Gasteiger partial charge in [0.25, 0.3) is 0 Å². The minimum atomic E-state index is 0.424. The van der Waals surface area contributed by atoms with Crippen LogP contribution in [0.25, 0.3) is 0 Å². The number of nitrogens with zero attached hydrogens (tertiary/aromatic N) is 1. The Bertz CT molecular complexity index is 688. The van der Waals surface area contributed by atoms with Crippen LogP contribution in [-0.2, 0) is 0 Å². The molecule has 23 heavy (non-hydrogen) atoms. The van der Waals surface area contributed by atoms with Gasteiger partial charge in [0.2, 0.25) is 0 Å².